The number of benzene rings is 1. The summed E-state index contributed by atoms with van der Waals surface area (Å²) in [5.41, 5.74) is 0. The van der Waals surface area contributed by atoms with E-state index in [0.717, 1.165) is 29.9 Å². The molecule has 0 unspecified atom stereocenters. The van der Waals surface area contributed by atoms with Crippen molar-refractivity contribution >= 4 is 15.9 Å². The Morgan fingerprint density at radius 3 is 2.40 bits per heavy atom. The molecule has 1 fully saturated rings. The topological polar surface area (TPSA) is 15.7 Å². The molecule has 0 bridgehead atoms. The Morgan fingerprint density at radius 2 is 1.75 bits per heavy atom. The van der Waals surface area contributed by atoms with Crippen molar-refractivity contribution in [3.63, 3.8) is 0 Å². The van der Waals surface area contributed by atoms with E-state index in [0.29, 0.717) is 19.7 Å². The monoisotopic (exact) mass is 348 g/mol. The van der Waals surface area contributed by atoms with Gasteiger partial charge in [-0.15, -0.1) is 0 Å². The average Bonchev–Trinajstić information content (AvgIpc) is 2.42. The van der Waals surface area contributed by atoms with Crippen molar-refractivity contribution in [2.45, 2.75) is 6.43 Å². The number of alkyl halides is 2. The Labute approximate surface area is 126 Å². The van der Waals surface area contributed by atoms with Crippen LogP contribution in [0, 0.1) is 0 Å². The fraction of sp³-hybridized carbons (Fsp3) is 0.571. The van der Waals surface area contributed by atoms with E-state index in [1.165, 1.54) is 0 Å². The smallest absolute Gasteiger partial charge is 0.251 e. The average molecular weight is 349 g/mol. The molecule has 112 valence electrons. The first kappa shape index (κ1) is 15.7. The predicted molar refractivity (Wildman–Crippen MR) is 78.5 cm³/mol. The normalized spacial score (nSPS) is 17.6. The largest absolute Gasteiger partial charge is 0.491 e. The Morgan fingerprint density at radius 1 is 1.10 bits per heavy atom. The fourth-order valence-electron chi connectivity index (χ4n) is 2.24. The Balaban J connectivity index is 1.65. The van der Waals surface area contributed by atoms with Crippen molar-refractivity contribution in [1.82, 2.24) is 9.80 Å². The van der Waals surface area contributed by atoms with Gasteiger partial charge in [-0.05, 0) is 28.1 Å². The van der Waals surface area contributed by atoms with Crippen LogP contribution in [0.25, 0.3) is 0 Å². The molecule has 6 heteroatoms. The van der Waals surface area contributed by atoms with Gasteiger partial charge < -0.3 is 4.74 Å². The van der Waals surface area contributed by atoms with Crippen LogP contribution in [-0.2, 0) is 0 Å². The van der Waals surface area contributed by atoms with Crippen LogP contribution >= 0.6 is 15.9 Å². The summed E-state index contributed by atoms with van der Waals surface area (Å²) < 4.78 is 31.2. The van der Waals surface area contributed by atoms with Gasteiger partial charge >= 0.3 is 0 Å². The van der Waals surface area contributed by atoms with E-state index in [1.807, 2.05) is 29.2 Å². The number of piperazine rings is 1. The van der Waals surface area contributed by atoms with Crippen molar-refractivity contribution < 1.29 is 13.5 Å². The first-order valence-corrected chi connectivity index (χ1v) is 7.54. The van der Waals surface area contributed by atoms with E-state index >= 15 is 0 Å². The van der Waals surface area contributed by atoms with Crippen LogP contribution in [0.1, 0.15) is 0 Å². The van der Waals surface area contributed by atoms with Crippen molar-refractivity contribution in [2.75, 3.05) is 45.9 Å². The lowest BCUT2D eigenvalue weighted by Gasteiger charge is -2.34. The molecule has 0 amide bonds. The number of hydrogen-bond donors (Lipinski definition) is 0. The first-order valence-electron chi connectivity index (χ1n) is 6.75. The molecule has 0 saturated carbocycles. The van der Waals surface area contributed by atoms with Crippen LogP contribution in [0.5, 0.6) is 5.75 Å². The molecule has 1 aromatic carbocycles. The van der Waals surface area contributed by atoms with Crippen LogP contribution in [0.4, 0.5) is 8.78 Å². The van der Waals surface area contributed by atoms with E-state index in [1.54, 1.807) is 0 Å². The molecule has 1 aromatic rings. The molecule has 0 radical (unpaired) electrons. The highest BCUT2D eigenvalue weighted by molar-refractivity contribution is 9.10. The van der Waals surface area contributed by atoms with Gasteiger partial charge in [-0.25, -0.2) is 8.78 Å². The van der Waals surface area contributed by atoms with Crippen LogP contribution < -0.4 is 4.74 Å². The van der Waals surface area contributed by atoms with Crippen molar-refractivity contribution in [2.24, 2.45) is 0 Å². The lowest BCUT2D eigenvalue weighted by atomic mass is 10.3. The van der Waals surface area contributed by atoms with Gasteiger partial charge in [0.2, 0.25) is 0 Å². The molecule has 3 nitrogen and oxygen atoms in total. The van der Waals surface area contributed by atoms with Gasteiger partial charge in [0.25, 0.3) is 6.43 Å². The van der Waals surface area contributed by atoms with Gasteiger partial charge in [0.15, 0.2) is 0 Å². The minimum Gasteiger partial charge on any atom is -0.491 e. The van der Waals surface area contributed by atoms with Crippen LogP contribution in [0.2, 0.25) is 0 Å². The molecular weight excluding hydrogens is 330 g/mol. The van der Waals surface area contributed by atoms with E-state index in [9.17, 15) is 8.78 Å². The maximum atomic E-state index is 12.3. The highest BCUT2D eigenvalue weighted by Crippen LogP contribution is 2.23. The summed E-state index contributed by atoms with van der Waals surface area (Å²) in [6, 6.07) is 7.74. The summed E-state index contributed by atoms with van der Waals surface area (Å²) in [4.78, 5) is 4.06. The fourth-order valence-corrected chi connectivity index (χ4v) is 2.64. The molecule has 2 rings (SSSR count). The first-order chi connectivity index (χ1) is 9.65. The highest BCUT2D eigenvalue weighted by Gasteiger charge is 2.19. The summed E-state index contributed by atoms with van der Waals surface area (Å²) in [5, 5.41) is 0. The van der Waals surface area contributed by atoms with Crippen LogP contribution in [-0.4, -0.2) is 62.1 Å². The zero-order chi connectivity index (χ0) is 14.4. The molecule has 0 spiro atoms. The Kier molecular flexibility index (Phi) is 6.19. The summed E-state index contributed by atoms with van der Waals surface area (Å²) in [6.07, 6.45) is -2.24. The van der Waals surface area contributed by atoms with Gasteiger partial charge in [-0.2, -0.15) is 0 Å². The standard InChI is InChI=1S/C14H19BrF2N2O/c15-12-3-1-2-4-13(12)20-10-9-18-5-7-19(8-6-18)11-14(16)17/h1-4,14H,5-11H2. The molecule has 0 aromatic heterocycles. The second-order valence-electron chi connectivity index (χ2n) is 4.81. The van der Waals surface area contributed by atoms with Gasteiger partial charge in [-0.1, -0.05) is 12.1 Å². The second kappa shape index (κ2) is 7.90. The van der Waals surface area contributed by atoms with Crippen molar-refractivity contribution in [3.05, 3.63) is 28.7 Å². The number of nitrogens with zero attached hydrogens (tertiary/aromatic N) is 2. The molecular formula is C14H19BrF2N2O. The van der Waals surface area contributed by atoms with Gasteiger partial charge in [0.05, 0.1) is 11.0 Å². The SMILES string of the molecule is FC(F)CN1CCN(CCOc2ccccc2Br)CC1. The van der Waals surface area contributed by atoms with Crippen LogP contribution in [0.15, 0.2) is 28.7 Å². The summed E-state index contributed by atoms with van der Waals surface area (Å²) in [5.74, 6) is 0.837. The van der Waals surface area contributed by atoms with Gasteiger partial charge in [0, 0.05) is 32.7 Å². The Hall–Kier alpha value is -0.720. The third kappa shape index (κ3) is 5.00. The lowest BCUT2D eigenvalue weighted by molar-refractivity contribution is 0.0527. The molecule has 20 heavy (non-hydrogen) atoms. The summed E-state index contributed by atoms with van der Waals surface area (Å²) >= 11 is 3.44. The number of hydrogen-bond acceptors (Lipinski definition) is 3. The van der Waals surface area contributed by atoms with Crippen LogP contribution in [0.3, 0.4) is 0 Å². The van der Waals surface area contributed by atoms with E-state index < -0.39 is 6.43 Å². The number of para-hydroxylation sites is 1. The molecule has 0 atom stereocenters. The molecule has 1 heterocycles. The zero-order valence-corrected chi connectivity index (χ0v) is 12.9. The minimum absolute atomic E-state index is 0.110. The van der Waals surface area contributed by atoms with Gasteiger partial charge in [-0.3, -0.25) is 9.80 Å². The summed E-state index contributed by atoms with van der Waals surface area (Å²) in [7, 11) is 0. The third-order valence-electron chi connectivity index (χ3n) is 3.36. The van der Waals surface area contributed by atoms with Crippen molar-refractivity contribution in [1.29, 1.82) is 0 Å². The Bertz CT molecular complexity index is 412. The predicted octanol–water partition coefficient (Wildman–Crippen LogP) is 2.71. The van der Waals surface area contributed by atoms with Crippen molar-refractivity contribution in [3.8, 4) is 5.75 Å². The second-order valence-corrected chi connectivity index (χ2v) is 5.67. The van der Waals surface area contributed by atoms with E-state index in [-0.39, 0.29) is 6.54 Å². The van der Waals surface area contributed by atoms with E-state index in [2.05, 4.69) is 20.8 Å². The third-order valence-corrected chi connectivity index (χ3v) is 4.02. The van der Waals surface area contributed by atoms with E-state index in [4.69, 9.17) is 4.74 Å². The van der Waals surface area contributed by atoms with Gasteiger partial charge in [0.1, 0.15) is 12.4 Å². The summed E-state index contributed by atoms with van der Waals surface area (Å²) in [6.45, 7) is 4.39. The molecule has 0 aliphatic carbocycles. The molecule has 1 aliphatic rings. The highest BCUT2D eigenvalue weighted by atomic mass is 79.9. The number of ether oxygens (including phenoxy) is 1. The molecule has 1 saturated heterocycles. The number of halogens is 3. The lowest BCUT2D eigenvalue weighted by Crippen LogP contribution is -2.48. The molecule has 0 N–H and O–H groups in total. The quantitative estimate of drug-likeness (QED) is 0.786. The minimum atomic E-state index is -2.24. The maximum absolute atomic E-state index is 12.3. The number of rotatable bonds is 6. The zero-order valence-electron chi connectivity index (χ0n) is 11.3. The molecule has 1 aliphatic heterocycles. The maximum Gasteiger partial charge on any atom is 0.251 e.